The molecule has 0 saturated carbocycles. The van der Waals surface area contributed by atoms with Gasteiger partial charge in [-0.25, -0.2) is 9.69 Å². The number of ether oxygens (including phenoxy) is 1. The molecule has 0 bridgehead atoms. The third-order valence-corrected chi connectivity index (χ3v) is 7.63. The maximum absolute atomic E-state index is 13.8. The first kappa shape index (κ1) is 25.1. The Labute approximate surface area is 224 Å². The zero-order chi connectivity index (χ0) is 25.9. The first-order chi connectivity index (χ1) is 18.0. The zero-order valence-electron chi connectivity index (χ0n) is 20.3. The van der Waals surface area contributed by atoms with Crippen LogP contribution in [0.1, 0.15) is 34.8 Å². The van der Waals surface area contributed by atoms with E-state index in [0.29, 0.717) is 46.6 Å². The van der Waals surface area contributed by atoms with Crippen molar-refractivity contribution in [2.45, 2.75) is 31.2 Å². The highest BCUT2D eigenvalue weighted by molar-refractivity contribution is 8.04. The van der Waals surface area contributed by atoms with Gasteiger partial charge in [0.1, 0.15) is 10.6 Å². The molecule has 0 fully saturated rings. The van der Waals surface area contributed by atoms with Crippen LogP contribution in [0.5, 0.6) is 0 Å². The Morgan fingerprint density at radius 3 is 2.35 bits per heavy atom. The van der Waals surface area contributed by atoms with Crippen LogP contribution in [0.3, 0.4) is 0 Å². The minimum absolute atomic E-state index is 0.335. The molecule has 2 amide bonds. The van der Waals surface area contributed by atoms with Crippen LogP contribution in [0, 0.1) is 0 Å². The largest absolute Gasteiger partial charge is 0.462 e. The molecule has 0 N–H and O–H groups in total. The molecule has 188 valence electrons. The van der Waals surface area contributed by atoms with Gasteiger partial charge in [0, 0.05) is 23.0 Å². The summed E-state index contributed by atoms with van der Waals surface area (Å²) in [5.74, 6) is -1.19. The number of hydrogen-bond acceptors (Lipinski definition) is 6. The lowest BCUT2D eigenvalue weighted by molar-refractivity contribution is -0.121. The molecule has 0 atom stereocenters. The molecule has 2 aliphatic heterocycles. The lowest BCUT2D eigenvalue weighted by atomic mass is 9.99. The van der Waals surface area contributed by atoms with E-state index in [1.165, 1.54) is 22.2 Å². The minimum Gasteiger partial charge on any atom is -0.462 e. The summed E-state index contributed by atoms with van der Waals surface area (Å²) in [7, 11) is 0. The Hall–Kier alpha value is -3.55. The second kappa shape index (κ2) is 10.8. The van der Waals surface area contributed by atoms with E-state index in [-0.39, 0.29) is 11.8 Å². The summed E-state index contributed by atoms with van der Waals surface area (Å²) in [4.78, 5) is 44.1. The van der Waals surface area contributed by atoms with E-state index in [2.05, 4.69) is 12.1 Å². The Morgan fingerprint density at radius 2 is 1.65 bits per heavy atom. The standard InChI is InChI=1S/C29H25ClN2O4S/c1-2-17-36-29(35)20-7-11-23(12-8-20)32-27(33)25(31-16-15-19-5-3-4-6-21(19)18-31)26(28(32)34)37-24-13-9-22(30)10-14-24/h3-14H,2,15-18H2,1H3. The maximum Gasteiger partial charge on any atom is 0.338 e. The van der Waals surface area contributed by atoms with Crippen LogP contribution in [-0.4, -0.2) is 35.8 Å². The van der Waals surface area contributed by atoms with Gasteiger partial charge in [0.25, 0.3) is 11.8 Å². The first-order valence-electron chi connectivity index (χ1n) is 12.1. The number of thioether (sulfide) groups is 1. The normalized spacial score (nSPS) is 15.3. The molecule has 37 heavy (non-hydrogen) atoms. The van der Waals surface area contributed by atoms with Gasteiger partial charge in [0.15, 0.2) is 0 Å². The molecule has 0 radical (unpaired) electrons. The number of imide groups is 1. The topological polar surface area (TPSA) is 66.9 Å². The van der Waals surface area contributed by atoms with Gasteiger partial charge < -0.3 is 9.64 Å². The molecule has 8 heteroatoms. The van der Waals surface area contributed by atoms with Crippen LogP contribution in [0.25, 0.3) is 0 Å². The molecule has 3 aromatic rings. The van der Waals surface area contributed by atoms with E-state index in [4.69, 9.17) is 16.3 Å². The minimum atomic E-state index is -0.433. The summed E-state index contributed by atoms with van der Waals surface area (Å²) in [6.45, 7) is 3.44. The van der Waals surface area contributed by atoms with Crippen molar-refractivity contribution in [1.82, 2.24) is 4.90 Å². The number of nitrogens with zero attached hydrogens (tertiary/aromatic N) is 2. The lowest BCUT2D eigenvalue weighted by Gasteiger charge is -2.31. The molecule has 0 saturated heterocycles. The molecule has 3 aromatic carbocycles. The van der Waals surface area contributed by atoms with Crippen LogP contribution in [0.4, 0.5) is 5.69 Å². The summed E-state index contributed by atoms with van der Waals surface area (Å²) in [6, 6.07) is 21.7. The van der Waals surface area contributed by atoms with E-state index in [0.717, 1.165) is 23.3 Å². The second-order valence-corrected chi connectivity index (χ2v) is 10.3. The number of benzene rings is 3. The van der Waals surface area contributed by atoms with Crippen molar-refractivity contribution in [2.24, 2.45) is 0 Å². The summed E-state index contributed by atoms with van der Waals surface area (Å²) in [5.41, 5.74) is 3.57. The molecule has 5 rings (SSSR count). The molecular weight excluding hydrogens is 508 g/mol. The summed E-state index contributed by atoms with van der Waals surface area (Å²) in [6.07, 6.45) is 1.51. The molecule has 0 aromatic heterocycles. The van der Waals surface area contributed by atoms with Gasteiger partial charge in [-0.2, -0.15) is 0 Å². The SMILES string of the molecule is CCCOC(=O)c1ccc(N2C(=O)C(Sc3ccc(Cl)cc3)=C(N3CCc4ccccc4C3)C2=O)cc1. The van der Waals surface area contributed by atoms with Crippen molar-refractivity contribution < 1.29 is 19.1 Å². The smallest absolute Gasteiger partial charge is 0.338 e. The number of halogens is 1. The van der Waals surface area contributed by atoms with Gasteiger partial charge in [-0.3, -0.25) is 9.59 Å². The van der Waals surface area contributed by atoms with Crippen molar-refractivity contribution in [1.29, 1.82) is 0 Å². The van der Waals surface area contributed by atoms with Gasteiger partial charge in [-0.15, -0.1) is 0 Å². The molecule has 2 aliphatic rings. The second-order valence-electron chi connectivity index (χ2n) is 8.80. The van der Waals surface area contributed by atoms with Crippen molar-refractivity contribution in [2.75, 3.05) is 18.1 Å². The fraction of sp³-hybridized carbons (Fsp3) is 0.207. The Kier molecular flexibility index (Phi) is 7.35. The van der Waals surface area contributed by atoms with Crippen molar-refractivity contribution >= 4 is 46.8 Å². The zero-order valence-corrected chi connectivity index (χ0v) is 21.8. The molecule has 0 unspecified atom stereocenters. The highest BCUT2D eigenvalue weighted by atomic mass is 35.5. The van der Waals surface area contributed by atoms with Crippen molar-refractivity contribution in [3.05, 3.63) is 105 Å². The third kappa shape index (κ3) is 5.15. The van der Waals surface area contributed by atoms with Crippen LogP contribution in [0.2, 0.25) is 5.02 Å². The highest BCUT2D eigenvalue weighted by Gasteiger charge is 2.43. The van der Waals surface area contributed by atoms with Gasteiger partial charge in [0.05, 0.1) is 17.9 Å². The van der Waals surface area contributed by atoms with E-state index in [1.807, 2.05) is 36.1 Å². The van der Waals surface area contributed by atoms with Crippen LogP contribution in [0.15, 0.2) is 88.3 Å². The van der Waals surface area contributed by atoms with Crippen LogP contribution < -0.4 is 4.90 Å². The number of anilines is 1. The van der Waals surface area contributed by atoms with Gasteiger partial charge in [-0.1, -0.05) is 54.6 Å². The highest BCUT2D eigenvalue weighted by Crippen LogP contribution is 2.40. The predicted molar refractivity (Wildman–Crippen MR) is 144 cm³/mol. The maximum atomic E-state index is 13.8. The van der Waals surface area contributed by atoms with E-state index in [1.54, 1.807) is 36.4 Å². The molecule has 0 spiro atoms. The molecule has 2 heterocycles. The average molecular weight is 533 g/mol. The van der Waals surface area contributed by atoms with E-state index in [9.17, 15) is 14.4 Å². The fourth-order valence-electron chi connectivity index (χ4n) is 4.44. The number of fused-ring (bicyclic) bond motifs is 1. The molecular formula is C29H25ClN2O4S. The quantitative estimate of drug-likeness (QED) is 0.281. The number of carbonyl (C=O) groups is 3. The number of amides is 2. The fourth-order valence-corrected chi connectivity index (χ4v) is 5.56. The summed E-state index contributed by atoms with van der Waals surface area (Å²) < 4.78 is 5.19. The number of esters is 1. The Balaban J connectivity index is 1.48. The van der Waals surface area contributed by atoms with E-state index >= 15 is 0 Å². The Bertz CT molecular complexity index is 1390. The lowest BCUT2D eigenvalue weighted by Crippen LogP contribution is -2.37. The monoisotopic (exact) mass is 532 g/mol. The van der Waals surface area contributed by atoms with Crippen molar-refractivity contribution in [3.8, 4) is 0 Å². The number of hydrogen-bond donors (Lipinski definition) is 0. The van der Waals surface area contributed by atoms with Crippen LogP contribution in [-0.2, 0) is 27.3 Å². The number of carbonyl (C=O) groups excluding carboxylic acids is 3. The molecule has 6 nitrogen and oxygen atoms in total. The van der Waals surface area contributed by atoms with Gasteiger partial charge in [-0.05, 0) is 72.5 Å². The summed E-state index contributed by atoms with van der Waals surface area (Å²) >= 11 is 7.32. The predicted octanol–water partition coefficient (Wildman–Crippen LogP) is 5.84. The van der Waals surface area contributed by atoms with Gasteiger partial charge >= 0.3 is 5.97 Å². The summed E-state index contributed by atoms with van der Waals surface area (Å²) in [5, 5.41) is 0.596. The molecule has 0 aliphatic carbocycles. The Morgan fingerprint density at radius 1 is 0.946 bits per heavy atom. The van der Waals surface area contributed by atoms with E-state index < -0.39 is 5.97 Å². The average Bonchev–Trinajstić information content (AvgIpc) is 3.17. The van der Waals surface area contributed by atoms with Crippen LogP contribution >= 0.6 is 23.4 Å². The third-order valence-electron chi connectivity index (χ3n) is 6.30. The van der Waals surface area contributed by atoms with Crippen molar-refractivity contribution in [3.63, 3.8) is 0 Å². The number of rotatable bonds is 7. The van der Waals surface area contributed by atoms with Gasteiger partial charge in [0.2, 0.25) is 0 Å². The first-order valence-corrected chi connectivity index (χ1v) is 13.3.